The van der Waals surface area contributed by atoms with E-state index in [1.54, 1.807) is 0 Å². The van der Waals surface area contributed by atoms with Crippen molar-refractivity contribution < 1.29 is 17.0 Å². The zero-order valence-corrected chi connectivity index (χ0v) is 20.6. The molecule has 0 aromatic heterocycles. The van der Waals surface area contributed by atoms with E-state index >= 15 is 0 Å². The summed E-state index contributed by atoms with van der Waals surface area (Å²) in [5, 5.41) is 4.41. The molecule has 0 nitrogen and oxygen atoms in total. The molecule has 4 rings (SSSR count). The Morgan fingerprint density at radius 2 is 0.828 bits per heavy atom. The van der Waals surface area contributed by atoms with Crippen LogP contribution < -0.4 is 37.4 Å². The maximum atomic E-state index is 2.47. The van der Waals surface area contributed by atoms with E-state index in [0.29, 0.717) is 19.5 Å². The van der Waals surface area contributed by atoms with Crippen LogP contribution in [0.4, 0.5) is 0 Å². The van der Waals surface area contributed by atoms with Crippen molar-refractivity contribution in [3.8, 4) is 0 Å². The van der Waals surface area contributed by atoms with Crippen LogP contribution in [0.15, 0.2) is 121 Å². The first-order chi connectivity index (χ1) is 13.8. The maximum absolute atomic E-state index is 2.47. The molecule has 3 heteroatoms. The third kappa shape index (κ3) is 4.57. The molecule has 0 aliphatic carbocycles. The topological polar surface area (TPSA) is 0 Å². The van der Waals surface area contributed by atoms with E-state index in [-0.39, 0.29) is 17.0 Å². The van der Waals surface area contributed by atoms with E-state index in [2.05, 4.69) is 128 Å². The average molecular weight is 526 g/mol. The molecule has 0 aliphatic rings. The molecule has 0 saturated heterocycles. The first-order valence-corrected chi connectivity index (χ1v) is 13.3. The minimum absolute atomic E-state index is 0. The van der Waals surface area contributed by atoms with Crippen molar-refractivity contribution in [3.63, 3.8) is 0 Å². The summed E-state index contributed by atoms with van der Waals surface area (Å²) in [5.74, 6) is 0. The van der Waals surface area contributed by atoms with Crippen molar-refractivity contribution in [2.45, 2.75) is 11.5 Å². The van der Waals surface area contributed by atoms with Gasteiger partial charge in [-0.15, -0.1) is 0 Å². The van der Waals surface area contributed by atoms with E-state index < -0.39 is 7.26 Å². The zero-order chi connectivity index (χ0) is 19.2. The zero-order valence-electron chi connectivity index (χ0n) is 16.4. The molecule has 1 atom stereocenters. The van der Waals surface area contributed by atoms with Gasteiger partial charge in [0.15, 0.2) is 0 Å². The largest absolute Gasteiger partial charge is 1.00 e. The first-order valence-electron chi connectivity index (χ1n) is 9.59. The summed E-state index contributed by atoms with van der Waals surface area (Å²) in [4.78, 5) is 0. The predicted octanol–water partition coefficient (Wildman–Crippen LogP) is 1.36. The van der Waals surface area contributed by atoms with Gasteiger partial charge in [-0.2, -0.15) is 0 Å². The molecular formula is C26H24BrPSe. The smallest absolute Gasteiger partial charge is 1.00 e. The Morgan fingerprint density at radius 1 is 0.517 bits per heavy atom. The summed E-state index contributed by atoms with van der Waals surface area (Å²) < 4.78 is 2.02. The van der Waals surface area contributed by atoms with Crippen LogP contribution >= 0.6 is 7.26 Å². The Morgan fingerprint density at radius 3 is 1.17 bits per heavy atom. The second-order valence-electron chi connectivity index (χ2n) is 6.76. The molecule has 0 N–H and O–H groups in total. The van der Waals surface area contributed by atoms with E-state index in [1.165, 1.54) is 20.4 Å². The van der Waals surface area contributed by atoms with Crippen LogP contribution in [0.5, 0.6) is 0 Å². The van der Waals surface area contributed by atoms with Crippen molar-refractivity contribution in [2.24, 2.45) is 0 Å². The van der Waals surface area contributed by atoms with E-state index in [0.717, 1.165) is 0 Å². The first kappa shape index (κ1) is 22.0. The molecule has 4 aromatic rings. The van der Waals surface area contributed by atoms with Crippen LogP contribution in [0, 0.1) is 0 Å². The summed E-state index contributed by atoms with van der Waals surface area (Å²) in [6.07, 6.45) is 0. The van der Waals surface area contributed by atoms with Gasteiger partial charge in [0, 0.05) is 0 Å². The van der Waals surface area contributed by atoms with Gasteiger partial charge in [-0.1, -0.05) is 0 Å². The second kappa shape index (κ2) is 10.4. The molecule has 0 radical (unpaired) electrons. The van der Waals surface area contributed by atoms with Crippen molar-refractivity contribution in [2.75, 3.05) is 0 Å². The molecule has 4 aromatic carbocycles. The summed E-state index contributed by atoms with van der Waals surface area (Å²) in [7, 11) is -1.78. The standard InChI is InChI=1S/C26H24PSe.BrH/c1-22(28-26-20-12-5-13-21-26)27(23-14-6-2-7-15-23,24-16-8-3-9-17-24)25-18-10-4-11-19-25;/h2-22H,1H3;1H/q+1;/p-1. The monoisotopic (exact) mass is 526 g/mol. The average Bonchev–Trinajstić information content (AvgIpc) is 2.77. The molecule has 146 valence electrons. The number of rotatable bonds is 6. The Hall–Kier alpha value is -1.69. The van der Waals surface area contributed by atoms with Crippen molar-refractivity contribution in [1.29, 1.82) is 0 Å². The minimum atomic E-state index is -1.78. The molecule has 0 amide bonds. The van der Waals surface area contributed by atoms with Crippen LogP contribution in [-0.2, 0) is 0 Å². The van der Waals surface area contributed by atoms with Crippen molar-refractivity contribution >= 4 is 42.6 Å². The van der Waals surface area contributed by atoms with Crippen molar-refractivity contribution in [3.05, 3.63) is 121 Å². The fraction of sp³-hybridized carbons (Fsp3) is 0.0769. The number of benzene rings is 4. The molecule has 0 spiro atoms. The molecule has 0 fully saturated rings. The van der Waals surface area contributed by atoms with E-state index in [9.17, 15) is 0 Å². The van der Waals surface area contributed by atoms with Gasteiger partial charge in [-0.25, -0.2) is 0 Å². The predicted molar refractivity (Wildman–Crippen MR) is 126 cm³/mol. The Labute approximate surface area is 191 Å². The van der Waals surface area contributed by atoms with Gasteiger partial charge in [0.1, 0.15) is 0 Å². The van der Waals surface area contributed by atoms with Crippen LogP contribution in [-0.4, -0.2) is 19.5 Å². The minimum Gasteiger partial charge on any atom is -1.00 e. The summed E-state index contributed by atoms with van der Waals surface area (Å²) in [6.45, 7) is 2.47. The van der Waals surface area contributed by atoms with Crippen LogP contribution in [0.1, 0.15) is 6.92 Å². The number of hydrogen-bond acceptors (Lipinski definition) is 0. The third-order valence-corrected chi connectivity index (χ3v) is 13.9. The molecule has 0 heterocycles. The quantitative estimate of drug-likeness (QED) is 0.263. The van der Waals surface area contributed by atoms with Gasteiger partial charge in [0.2, 0.25) is 0 Å². The van der Waals surface area contributed by atoms with Gasteiger partial charge in [0.25, 0.3) is 0 Å². The normalized spacial score (nSPS) is 12.0. The number of halogens is 1. The maximum Gasteiger partial charge on any atom is -1.00 e. The summed E-state index contributed by atoms with van der Waals surface area (Å²) in [5.41, 5.74) is 0. The number of hydrogen-bond donors (Lipinski definition) is 0. The Balaban J connectivity index is 0.00000240. The molecule has 1 unspecified atom stereocenters. The van der Waals surface area contributed by atoms with Crippen molar-refractivity contribution in [1.82, 2.24) is 0 Å². The van der Waals surface area contributed by atoms with Gasteiger partial charge in [-0.05, 0) is 0 Å². The van der Waals surface area contributed by atoms with Crippen LogP contribution in [0.3, 0.4) is 0 Å². The molecule has 0 saturated carbocycles. The fourth-order valence-electron chi connectivity index (χ4n) is 3.84. The van der Waals surface area contributed by atoms with Gasteiger partial charge in [-0.3, -0.25) is 0 Å². The molecule has 0 aliphatic heterocycles. The van der Waals surface area contributed by atoms with E-state index in [1.807, 2.05) is 0 Å². The molecule has 0 bridgehead atoms. The van der Waals surface area contributed by atoms with E-state index in [4.69, 9.17) is 0 Å². The van der Waals surface area contributed by atoms with Crippen LogP contribution in [0.25, 0.3) is 0 Å². The fourth-order valence-corrected chi connectivity index (χ4v) is 13.5. The Kier molecular flexibility index (Phi) is 7.87. The molecule has 29 heavy (non-hydrogen) atoms. The summed E-state index contributed by atoms with van der Waals surface area (Å²) in [6, 6.07) is 44.6. The SMILES string of the molecule is CC([Se]c1ccccc1)[P+](c1ccccc1)(c1ccccc1)c1ccccc1.[Br-]. The second-order valence-corrected chi connectivity index (χ2v) is 14.3. The van der Waals surface area contributed by atoms with Gasteiger partial charge in [0.05, 0.1) is 0 Å². The third-order valence-electron chi connectivity index (χ3n) is 5.09. The van der Waals surface area contributed by atoms with Crippen LogP contribution in [0.2, 0.25) is 0 Å². The van der Waals surface area contributed by atoms with Gasteiger partial charge >= 0.3 is 175 Å². The Bertz CT molecular complexity index is 895. The summed E-state index contributed by atoms with van der Waals surface area (Å²) >= 11 is 0.372. The van der Waals surface area contributed by atoms with Gasteiger partial charge < -0.3 is 17.0 Å². The molecular weight excluding hydrogens is 502 g/mol.